The van der Waals surface area contributed by atoms with Crippen LogP contribution in [0.3, 0.4) is 0 Å². The summed E-state index contributed by atoms with van der Waals surface area (Å²) in [6, 6.07) is 8.50. The quantitative estimate of drug-likeness (QED) is 0.790. The summed E-state index contributed by atoms with van der Waals surface area (Å²) in [4.78, 5) is 0.277. The minimum Gasteiger partial charge on any atom is -0.497 e. The Morgan fingerprint density at radius 3 is 2.62 bits per heavy atom. The topological polar surface area (TPSA) is 47.3 Å². The summed E-state index contributed by atoms with van der Waals surface area (Å²) in [6.45, 7) is 1.82. The summed E-state index contributed by atoms with van der Waals surface area (Å²) in [5, 5.41) is 3.22. The van der Waals surface area contributed by atoms with Crippen LogP contribution in [0.2, 0.25) is 0 Å². The number of ether oxygens (including phenoxy) is 1. The summed E-state index contributed by atoms with van der Waals surface area (Å²) in [5.74, 6) is 0.370. The minimum absolute atomic E-state index is 0.277. The molecule has 0 aliphatic heterocycles. The lowest BCUT2D eigenvalue weighted by Gasteiger charge is -2.15. The van der Waals surface area contributed by atoms with Crippen molar-refractivity contribution in [2.24, 2.45) is 5.73 Å². The Labute approximate surface area is 136 Å². The lowest BCUT2D eigenvalue weighted by atomic mass is 10.1. The molecule has 0 aliphatic rings. The maximum Gasteiger partial charge on any atom is 0.137 e. The smallest absolute Gasteiger partial charge is 0.137 e. The third-order valence-electron chi connectivity index (χ3n) is 3.03. The van der Waals surface area contributed by atoms with Crippen LogP contribution >= 0.6 is 28.1 Å². The van der Waals surface area contributed by atoms with Gasteiger partial charge in [-0.15, -0.1) is 0 Å². The number of hydrogen-bond acceptors (Lipinski definition) is 3. The monoisotopic (exact) mass is 368 g/mol. The van der Waals surface area contributed by atoms with E-state index in [4.69, 9.17) is 22.7 Å². The van der Waals surface area contributed by atoms with Crippen LogP contribution in [0.25, 0.3) is 0 Å². The van der Waals surface area contributed by atoms with Gasteiger partial charge in [0.15, 0.2) is 0 Å². The Balaban J connectivity index is 2.47. The molecule has 3 nitrogen and oxygen atoms in total. The second-order valence-electron chi connectivity index (χ2n) is 4.48. The summed E-state index contributed by atoms with van der Waals surface area (Å²) >= 11 is 8.23. The number of aryl methyl sites for hydroxylation is 1. The second-order valence-corrected chi connectivity index (χ2v) is 5.78. The van der Waals surface area contributed by atoms with Crippen molar-refractivity contribution in [1.82, 2.24) is 0 Å². The highest BCUT2D eigenvalue weighted by atomic mass is 79.9. The number of nitrogens with two attached hydrogens (primary N) is 1. The van der Waals surface area contributed by atoms with E-state index < -0.39 is 0 Å². The van der Waals surface area contributed by atoms with E-state index in [0.717, 1.165) is 11.3 Å². The van der Waals surface area contributed by atoms with Gasteiger partial charge in [-0.1, -0.05) is 12.2 Å². The highest BCUT2D eigenvalue weighted by Gasteiger charge is 2.10. The molecule has 0 atom stereocenters. The van der Waals surface area contributed by atoms with Crippen molar-refractivity contribution in [3.63, 3.8) is 0 Å². The first-order chi connectivity index (χ1) is 9.92. The van der Waals surface area contributed by atoms with E-state index in [0.29, 0.717) is 21.5 Å². The minimum atomic E-state index is -0.307. The molecule has 0 aromatic heterocycles. The van der Waals surface area contributed by atoms with Crippen molar-refractivity contribution < 1.29 is 9.13 Å². The van der Waals surface area contributed by atoms with Gasteiger partial charge in [-0.25, -0.2) is 4.39 Å². The van der Waals surface area contributed by atoms with E-state index >= 15 is 0 Å². The summed E-state index contributed by atoms with van der Waals surface area (Å²) in [5.41, 5.74) is 8.67. The summed E-state index contributed by atoms with van der Waals surface area (Å²) < 4.78 is 19.1. The fourth-order valence-corrected chi connectivity index (χ4v) is 2.42. The first-order valence-electron chi connectivity index (χ1n) is 6.13. The van der Waals surface area contributed by atoms with Gasteiger partial charge >= 0.3 is 0 Å². The van der Waals surface area contributed by atoms with Crippen molar-refractivity contribution in [2.45, 2.75) is 6.92 Å². The SMILES string of the molecule is COc1ccc(C(N)=S)c(Nc2cc(Br)c(F)cc2C)c1. The molecule has 110 valence electrons. The lowest BCUT2D eigenvalue weighted by Crippen LogP contribution is -2.12. The van der Waals surface area contributed by atoms with Crippen molar-refractivity contribution in [3.8, 4) is 5.75 Å². The van der Waals surface area contributed by atoms with E-state index in [9.17, 15) is 4.39 Å². The highest BCUT2D eigenvalue weighted by Crippen LogP contribution is 2.30. The molecular weight excluding hydrogens is 355 g/mol. The van der Waals surface area contributed by atoms with E-state index in [2.05, 4.69) is 21.2 Å². The summed E-state index contributed by atoms with van der Waals surface area (Å²) in [6.07, 6.45) is 0. The van der Waals surface area contributed by atoms with Gasteiger partial charge in [0.1, 0.15) is 16.6 Å². The first-order valence-corrected chi connectivity index (χ1v) is 7.33. The van der Waals surface area contributed by atoms with Gasteiger partial charge in [0.2, 0.25) is 0 Å². The molecule has 21 heavy (non-hydrogen) atoms. The fourth-order valence-electron chi connectivity index (χ4n) is 1.89. The molecule has 3 N–H and O–H groups in total. The van der Waals surface area contributed by atoms with Crippen molar-refractivity contribution in [2.75, 3.05) is 12.4 Å². The Morgan fingerprint density at radius 2 is 2.00 bits per heavy atom. The van der Waals surface area contributed by atoms with Crippen LogP contribution in [0.1, 0.15) is 11.1 Å². The zero-order chi connectivity index (χ0) is 15.6. The van der Waals surface area contributed by atoms with Gasteiger partial charge in [0.25, 0.3) is 0 Å². The van der Waals surface area contributed by atoms with Gasteiger partial charge < -0.3 is 15.8 Å². The van der Waals surface area contributed by atoms with E-state index in [-0.39, 0.29) is 10.8 Å². The molecule has 2 aromatic carbocycles. The van der Waals surface area contributed by atoms with Crippen molar-refractivity contribution in [1.29, 1.82) is 0 Å². The van der Waals surface area contributed by atoms with Crippen LogP contribution in [0.4, 0.5) is 15.8 Å². The largest absolute Gasteiger partial charge is 0.497 e. The van der Waals surface area contributed by atoms with Gasteiger partial charge in [0.05, 0.1) is 17.3 Å². The fraction of sp³-hybridized carbons (Fsp3) is 0.133. The number of nitrogens with one attached hydrogen (secondary N) is 1. The molecule has 2 aromatic rings. The van der Waals surface area contributed by atoms with Gasteiger partial charge in [-0.2, -0.15) is 0 Å². The average Bonchev–Trinajstić information content (AvgIpc) is 2.44. The average molecular weight is 369 g/mol. The number of halogens is 2. The predicted molar refractivity (Wildman–Crippen MR) is 91.0 cm³/mol. The molecular formula is C15H14BrFN2OS. The van der Waals surface area contributed by atoms with Crippen LogP contribution < -0.4 is 15.8 Å². The molecule has 0 radical (unpaired) electrons. The Bertz CT molecular complexity index is 706. The Morgan fingerprint density at radius 1 is 1.29 bits per heavy atom. The normalized spacial score (nSPS) is 10.3. The molecule has 0 unspecified atom stereocenters. The van der Waals surface area contributed by atoms with Gasteiger partial charge in [-0.05, 0) is 52.7 Å². The molecule has 0 amide bonds. The molecule has 0 aliphatic carbocycles. The number of anilines is 2. The second kappa shape index (κ2) is 6.41. The van der Waals surface area contributed by atoms with Crippen molar-refractivity contribution >= 4 is 44.5 Å². The first kappa shape index (κ1) is 15.7. The number of rotatable bonds is 4. The standard InChI is InChI=1S/C15H14BrFN2OS/c1-8-5-12(17)11(16)7-13(8)19-14-6-9(20-2)3-4-10(14)15(18)21/h3-7,19H,1-2H3,(H2,18,21). The predicted octanol–water partition coefficient (Wildman–Crippen LogP) is 4.28. The lowest BCUT2D eigenvalue weighted by molar-refractivity contribution is 0.415. The number of hydrogen-bond donors (Lipinski definition) is 2. The van der Waals surface area contributed by atoms with Crippen LogP contribution in [0, 0.1) is 12.7 Å². The molecule has 6 heteroatoms. The molecule has 0 fully saturated rings. The summed E-state index contributed by atoms with van der Waals surface area (Å²) in [7, 11) is 1.58. The molecule has 2 rings (SSSR count). The number of methoxy groups -OCH3 is 1. The molecule has 0 bridgehead atoms. The van der Waals surface area contributed by atoms with Crippen LogP contribution in [-0.2, 0) is 0 Å². The third kappa shape index (κ3) is 3.51. The van der Waals surface area contributed by atoms with Gasteiger partial charge in [0, 0.05) is 17.3 Å². The van der Waals surface area contributed by atoms with Crippen LogP contribution in [-0.4, -0.2) is 12.1 Å². The molecule has 0 heterocycles. The molecule has 0 saturated carbocycles. The van der Waals surface area contributed by atoms with E-state index in [1.807, 2.05) is 6.92 Å². The zero-order valence-corrected chi connectivity index (χ0v) is 13.9. The number of benzene rings is 2. The maximum absolute atomic E-state index is 13.5. The number of thiocarbonyl (C=S) groups is 1. The van der Waals surface area contributed by atoms with Gasteiger partial charge in [-0.3, -0.25) is 0 Å². The van der Waals surface area contributed by atoms with Crippen molar-refractivity contribution in [3.05, 3.63) is 51.7 Å². The van der Waals surface area contributed by atoms with E-state index in [1.165, 1.54) is 6.07 Å². The zero-order valence-electron chi connectivity index (χ0n) is 11.5. The Hall–Kier alpha value is -1.66. The van der Waals surface area contributed by atoms with E-state index in [1.54, 1.807) is 31.4 Å². The van der Waals surface area contributed by atoms with Crippen LogP contribution in [0.15, 0.2) is 34.8 Å². The Kier molecular flexibility index (Phi) is 4.80. The molecule has 0 saturated heterocycles. The maximum atomic E-state index is 13.5. The van der Waals surface area contributed by atoms with Crippen LogP contribution in [0.5, 0.6) is 5.75 Å². The third-order valence-corrected chi connectivity index (χ3v) is 3.86. The molecule has 0 spiro atoms. The highest BCUT2D eigenvalue weighted by molar-refractivity contribution is 9.10.